The van der Waals surface area contributed by atoms with Crippen LogP contribution in [-0.2, 0) is 33.4 Å². The molecule has 0 spiro atoms. The molecule has 1 aromatic heterocycles. The fraction of sp³-hybridized carbons (Fsp3) is 0.407. The lowest BCUT2D eigenvalue weighted by atomic mass is 10.1. The van der Waals surface area contributed by atoms with Gasteiger partial charge in [-0.15, -0.1) is 0 Å². The van der Waals surface area contributed by atoms with Crippen LogP contribution in [0.3, 0.4) is 0 Å². The summed E-state index contributed by atoms with van der Waals surface area (Å²) in [6, 6.07) is 17.1. The van der Waals surface area contributed by atoms with E-state index in [0.717, 1.165) is 35.2 Å². The number of rotatable bonds is 10. The molecule has 2 aromatic carbocycles. The SMILES string of the molecule is Cc1ccccc1CS(=O)(=O)c1ncc(CN(CC2CC2)C(=O)Cc2ccccc2)n1C(C)C. The zero-order valence-electron chi connectivity index (χ0n) is 20.1. The van der Waals surface area contributed by atoms with Crippen molar-refractivity contribution >= 4 is 15.7 Å². The summed E-state index contributed by atoms with van der Waals surface area (Å²) in [5, 5.41) is 0.0719. The highest BCUT2D eigenvalue weighted by Gasteiger charge is 2.30. The highest BCUT2D eigenvalue weighted by atomic mass is 32.2. The highest BCUT2D eigenvalue weighted by molar-refractivity contribution is 7.90. The van der Waals surface area contributed by atoms with Gasteiger partial charge in [0.2, 0.25) is 20.9 Å². The van der Waals surface area contributed by atoms with E-state index in [0.29, 0.717) is 25.4 Å². The zero-order chi connectivity index (χ0) is 24.3. The minimum Gasteiger partial charge on any atom is -0.336 e. The molecule has 0 unspecified atom stereocenters. The summed E-state index contributed by atoms with van der Waals surface area (Å²) in [5.41, 5.74) is 3.44. The molecule has 180 valence electrons. The van der Waals surface area contributed by atoms with Crippen molar-refractivity contribution in [3.8, 4) is 0 Å². The predicted octanol–water partition coefficient (Wildman–Crippen LogP) is 4.73. The number of amides is 1. The molecule has 1 aliphatic rings. The molecule has 1 aliphatic carbocycles. The molecular formula is C27H33N3O3S. The van der Waals surface area contributed by atoms with E-state index in [2.05, 4.69) is 4.98 Å². The Hall–Kier alpha value is -2.93. The number of benzene rings is 2. The predicted molar refractivity (Wildman–Crippen MR) is 133 cm³/mol. The Morgan fingerprint density at radius 3 is 2.41 bits per heavy atom. The first-order valence-electron chi connectivity index (χ1n) is 11.9. The summed E-state index contributed by atoms with van der Waals surface area (Å²) < 4.78 is 28.5. The van der Waals surface area contributed by atoms with Crippen molar-refractivity contribution in [3.63, 3.8) is 0 Å². The first-order chi connectivity index (χ1) is 16.2. The largest absolute Gasteiger partial charge is 0.336 e. The molecule has 0 atom stereocenters. The zero-order valence-corrected chi connectivity index (χ0v) is 21.0. The van der Waals surface area contributed by atoms with Crippen LogP contribution in [0.2, 0.25) is 0 Å². The first kappa shape index (κ1) is 24.2. The van der Waals surface area contributed by atoms with Crippen molar-refractivity contribution < 1.29 is 13.2 Å². The molecule has 0 radical (unpaired) electrons. The number of aryl methyl sites for hydroxylation is 1. The van der Waals surface area contributed by atoms with E-state index in [4.69, 9.17) is 0 Å². The summed E-state index contributed by atoms with van der Waals surface area (Å²) >= 11 is 0. The van der Waals surface area contributed by atoms with E-state index >= 15 is 0 Å². The minimum absolute atomic E-state index is 0.0546. The van der Waals surface area contributed by atoms with Crippen LogP contribution in [0.25, 0.3) is 0 Å². The standard InChI is InChI=1S/C27H33N3O3S/c1-20(2)30-25(16-28-27(30)34(32,33)19-24-12-8-7-9-21(24)3)18-29(17-23-13-14-23)26(31)15-22-10-5-4-6-11-22/h4-12,16,20,23H,13-15,17-19H2,1-3H3. The van der Waals surface area contributed by atoms with Gasteiger partial charge >= 0.3 is 0 Å². The number of carbonyl (C=O) groups excluding carboxylic acids is 1. The summed E-state index contributed by atoms with van der Waals surface area (Å²) in [4.78, 5) is 19.5. The Kier molecular flexibility index (Phi) is 7.22. The van der Waals surface area contributed by atoms with Crippen molar-refractivity contribution in [1.82, 2.24) is 14.5 Å². The van der Waals surface area contributed by atoms with Crippen LogP contribution in [0.1, 0.15) is 55.1 Å². The molecule has 1 fully saturated rings. The summed E-state index contributed by atoms with van der Waals surface area (Å²) in [7, 11) is -3.66. The van der Waals surface area contributed by atoms with Crippen molar-refractivity contribution in [1.29, 1.82) is 0 Å². The Morgan fingerprint density at radius 2 is 1.76 bits per heavy atom. The first-order valence-corrected chi connectivity index (χ1v) is 13.5. The summed E-state index contributed by atoms with van der Waals surface area (Å²) in [6.45, 7) is 6.87. The van der Waals surface area contributed by atoms with Crippen LogP contribution in [0.15, 0.2) is 66.0 Å². The highest BCUT2D eigenvalue weighted by Crippen LogP contribution is 2.31. The monoisotopic (exact) mass is 479 g/mol. The Bertz CT molecular complexity index is 1250. The van der Waals surface area contributed by atoms with Crippen LogP contribution >= 0.6 is 0 Å². The third-order valence-electron chi connectivity index (χ3n) is 6.32. The minimum atomic E-state index is -3.66. The third-order valence-corrected chi connectivity index (χ3v) is 7.87. The van der Waals surface area contributed by atoms with E-state index in [1.807, 2.05) is 80.3 Å². The number of sulfone groups is 1. The van der Waals surface area contributed by atoms with Gasteiger partial charge in [-0.2, -0.15) is 0 Å². The second-order valence-corrected chi connectivity index (χ2v) is 11.4. The van der Waals surface area contributed by atoms with Gasteiger partial charge in [-0.3, -0.25) is 4.79 Å². The molecule has 1 saturated carbocycles. The van der Waals surface area contributed by atoms with Gasteiger partial charge in [0.1, 0.15) is 0 Å². The summed E-state index contributed by atoms with van der Waals surface area (Å²) in [6.07, 6.45) is 4.23. The second-order valence-electron chi connectivity index (χ2n) is 9.56. The van der Waals surface area contributed by atoms with Crippen LogP contribution in [0, 0.1) is 12.8 Å². The van der Waals surface area contributed by atoms with Gasteiger partial charge in [0, 0.05) is 12.6 Å². The smallest absolute Gasteiger partial charge is 0.228 e. The number of nitrogens with zero attached hydrogens (tertiary/aromatic N) is 3. The van der Waals surface area contributed by atoms with Crippen LogP contribution in [-0.4, -0.2) is 35.3 Å². The maximum Gasteiger partial charge on any atom is 0.228 e. The lowest BCUT2D eigenvalue weighted by molar-refractivity contribution is -0.131. The average molecular weight is 480 g/mol. The maximum absolute atomic E-state index is 13.4. The van der Waals surface area contributed by atoms with Gasteiger partial charge in [-0.25, -0.2) is 13.4 Å². The normalized spacial score (nSPS) is 13.9. The maximum atomic E-state index is 13.4. The number of hydrogen-bond donors (Lipinski definition) is 0. The van der Waals surface area contributed by atoms with Crippen molar-refractivity contribution in [2.75, 3.05) is 6.54 Å². The lowest BCUT2D eigenvalue weighted by Crippen LogP contribution is -2.34. The quantitative estimate of drug-likeness (QED) is 0.422. The molecule has 1 amide bonds. The molecule has 7 heteroatoms. The van der Waals surface area contributed by atoms with Crippen LogP contribution < -0.4 is 0 Å². The fourth-order valence-electron chi connectivity index (χ4n) is 4.26. The second kappa shape index (κ2) is 10.1. The topological polar surface area (TPSA) is 72.3 Å². The molecule has 0 N–H and O–H groups in total. The molecular weight excluding hydrogens is 446 g/mol. The van der Waals surface area contributed by atoms with Crippen molar-refractivity contribution in [2.45, 2.75) is 63.5 Å². The van der Waals surface area contributed by atoms with Gasteiger partial charge < -0.3 is 9.47 Å². The Balaban J connectivity index is 1.60. The number of aromatic nitrogens is 2. The van der Waals surface area contributed by atoms with Gasteiger partial charge in [-0.05, 0) is 56.2 Å². The molecule has 0 saturated heterocycles. The fourth-order valence-corrected chi connectivity index (χ4v) is 5.97. The molecule has 0 aliphatic heterocycles. The molecule has 3 aromatic rings. The molecule has 4 rings (SSSR count). The number of carbonyl (C=O) groups is 1. The molecule has 34 heavy (non-hydrogen) atoms. The van der Waals surface area contributed by atoms with Crippen molar-refractivity contribution in [3.05, 3.63) is 83.2 Å². The van der Waals surface area contributed by atoms with Gasteiger partial charge in [0.15, 0.2) is 0 Å². The van der Waals surface area contributed by atoms with E-state index in [-0.39, 0.29) is 22.9 Å². The van der Waals surface area contributed by atoms with Gasteiger partial charge in [0.05, 0.1) is 30.6 Å². The Morgan fingerprint density at radius 1 is 1.09 bits per heavy atom. The van der Waals surface area contributed by atoms with Crippen molar-refractivity contribution in [2.24, 2.45) is 5.92 Å². The number of hydrogen-bond acceptors (Lipinski definition) is 4. The van der Waals surface area contributed by atoms with E-state index in [9.17, 15) is 13.2 Å². The van der Waals surface area contributed by atoms with Gasteiger partial charge in [0.25, 0.3) is 0 Å². The van der Waals surface area contributed by atoms with E-state index in [1.165, 1.54) is 0 Å². The lowest BCUT2D eigenvalue weighted by Gasteiger charge is -2.25. The third kappa shape index (κ3) is 5.76. The Labute approximate surface area is 202 Å². The molecule has 1 heterocycles. The summed E-state index contributed by atoms with van der Waals surface area (Å²) in [5.74, 6) is 0.486. The number of imidazole rings is 1. The molecule has 0 bridgehead atoms. The van der Waals surface area contributed by atoms with E-state index < -0.39 is 9.84 Å². The van der Waals surface area contributed by atoms with Crippen LogP contribution in [0.5, 0.6) is 0 Å². The average Bonchev–Trinajstić information content (AvgIpc) is 3.50. The molecule has 6 nitrogen and oxygen atoms in total. The van der Waals surface area contributed by atoms with Crippen LogP contribution in [0.4, 0.5) is 0 Å². The van der Waals surface area contributed by atoms with E-state index in [1.54, 1.807) is 10.8 Å². The van der Waals surface area contributed by atoms with Gasteiger partial charge in [-0.1, -0.05) is 54.6 Å².